The van der Waals surface area contributed by atoms with Gasteiger partial charge in [0.25, 0.3) is 0 Å². The van der Waals surface area contributed by atoms with Gasteiger partial charge in [-0.2, -0.15) is 5.10 Å². The summed E-state index contributed by atoms with van der Waals surface area (Å²) in [5.41, 5.74) is 1.46. The normalized spacial score (nSPS) is 17.3. The number of aromatic nitrogens is 2. The standard InChI is InChI=1S/C7H10N2/c1-2-6-9-7(3-1)4-5-8-9/h4-5H,1-3,6H2/p+1. The Balaban J connectivity index is 2.39. The Morgan fingerprint density at radius 2 is 2.44 bits per heavy atom. The van der Waals surface area contributed by atoms with Crippen LogP contribution in [-0.4, -0.2) is 5.10 Å². The van der Waals surface area contributed by atoms with Crippen LogP contribution in [-0.2, 0) is 13.0 Å². The minimum Gasteiger partial charge on any atom is -0.173 e. The van der Waals surface area contributed by atoms with Gasteiger partial charge in [0.2, 0.25) is 5.69 Å². The summed E-state index contributed by atoms with van der Waals surface area (Å²) < 4.78 is 2.23. The zero-order valence-corrected chi connectivity index (χ0v) is 5.43. The average molecular weight is 123 g/mol. The van der Waals surface area contributed by atoms with E-state index in [1.165, 1.54) is 31.5 Å². The molecule has 0 saturated carbocycles. The fourth-order valence-electron chi connectivity index (χ4n) is 1.40. The summed E-state index contributed by atoms with van der Waals surface area (Å²) >= 11 is 0. The largest absolute Gasteiger partial charge is 0.207 e. The molecule has 1 aliphatic heterocycles. The molecule has 1 aromatic heterocycles. The van der Waals surface area contributed by atoms with Crippen molar-refractivity contribution in [3.05, 3.63) is 18.0 Å². The fraction of sp³-hybridized carbons (Fsp3) is 0.571. The van der Waals surface area contributed by atoms with Gasteiger partial charge in [-0.05, 0) is 6.42 Å². The van der Waals surface area contributed by atoms with Crippen LogP contribution in [0.2, 0.25) is 0 Å². The average Bonchev–Trinajstić information content (AvgIpc) is 2.33. The number of fused-ring (bicyclic) bond motifs is 1. The van der Waals surface area contributed by atoms with Crippen molar-refractivity contribution in [1.29, 1.82) is 0 Å². The summed E-state index contributed by atoms with van der Waals surface area (Å²) in [7, 11) is 0. The van der Waals surface area contributed by atoms with E-state index in [0.717, 1.165) is 0 Å². The van der Waals surface area contributed by atoms with E-state index in [9.17, 15) is 0 Å². The van der Waals surface area contributed by atoms with Crippen molar-refractivity contribution in [2.75, 3.05) is 0 Å². The predicted octanol–water partition coefficient (Wildman–Crippen LogP) is 0.638. The molecule has 48 valence electrons. The fourth-order valence-corrected chi connectivity index (χ4v) is 1.40. The SMILES string of the molecule is c1cc2[n+]([nH]1)CCCC2. The molecule has 0 bridgehead atoms. The van der Waals surface area contributed by atoms with E-state index < -0.39 is 0 Å². The first-order valence-corrected chi connectivity index (χ1v) is 3.53. The second-order valence-electron chi connectivity index (χ2n) is 2.56. The monoisotopic (exact) mass is 123 g/mol. The number of nitrogens with one attached hydrogen (secondary N) is 1. The lowest BCUT2D eigenvalue weighted by Crippen LogP contribution is -2.41. The number of H-pyrrole nitrogens is 1. The molecule has 9 heavy (non-hydrogen) atoms. The maximum absolute atomic E-state index is 3.17. The van der Waals surface area contributed by atoms with Gasteiger partial charge in [-0.1, -0.05) is 0 Å². The molecule has 0 atom stereocenters. The molecule has 2 heterocycles. The molecule has 1 aromatic rings. The summed E-state index contributed by atoms with van der Waals surface area (Å²) in [5.74, 6) is 0. The van der Waals surface area contributed by atoms with Crippen molar-refractivity contribution >= 4 is 0 Å². The van der Waals surface area contributed by atoms with Gasteiger partial charge in [-0.3, -0.25) is 0 Å². The molecule has 0 spiro atoms. The second kappa shape index (κ2) is 1.87. The first-order chi connectivity index (χ1) is 4.47. The number of hydrogen-bond donors (Lipinski definition) is 1. The molecule has 0 saturated heterocycles. The lowest BCUT2D eigenvalue weighted by molar-refractivity contribution is -0.760. The molecular weight excluding hydrogens is 112 g/mol. The zero-order chi connectivity index (χ0) is 6.10. The molecule has 0 radical (unpaired) electrons. The van der Waals surface area contributed by atoms with Crippen molar-refractivity contribution in [1.82, 2.24) is 5.10 Å². The van der Waals surface area contributed by atoms with E-state index in [-0.39, 0.29) is 0 Å². The van der Waals surface area contributed by atoms with Crippen LogP contribution in [0.15, 0.2) is 12.3 Å². The molecule has 1 aliphatic rings. The third-order valence-electron chi connectivity index (χ3n) is 1.92. The minimum absolute atomic E-state index is 1.18. The highest BCUT2D eigenvalue weighted by Gasteiger charge is 2.15. The third kappa shape index (κ3) is 0.745. The molecule has 1 N–H and O–H groups in total. The van der Waals surface area contributed by atoms with E-state index in [2.05, 4.69) is 15.8 Å². The van der Waals surface area contributed by atoms with Crippen molar-refractivity contribution in [2.24, 2.45) is 0 Å². The third-order valence-corrected chi connectivity index (χ3v) is 1.92. The lowest BCUT2D eigenvalue weighted by Gasteiger charge is -2.02. The molecule has 2 heteroatoms. The van der Waals surface area contributed by atoms with E-state index in [1.807, 2.05) is 6.20 Å². The number of nitrogens with zero attached hydrogens (tertiary/aromatic N) is 1. The van der Waals surface area contributed by atoms with Crippen molar-refractivity contribution < 1.29 is 4.68 Å². The van der Waals surface area contributed by atoms with E-state index in [1.54, 1.807) is 0 Å². The maximum atomic E-state index is 3.17. The van der Waals surface area contributed by atoms with Gasteiger partial charge >= 0.3 is 0 Å². The Hall–Kier alpha value is -0.790. The van der Waals surface area contributed by atoms with Crippen LogP contribution < -0.4 is 4.68 Å². The van der Waals surface area contributed by atoms with Crippen molar-refractivity contribution in [2.45, 2.75) is 25.8 Å². The molecule has 2 nitrogen and oxygen atoms in total. The Kier molecular flexibility index (Phi) is 1.04. The molecule has 0 unspecified atom stereocenters. The topological polar surface area (TPSA) is 19.7 Å². The van der Waals surface area contributed by atoms with Crippen LogP contribution in [0.4, 0.5) is 0 Å². The minimum atomic E-state index is 1.18. The summed E-state index contributed by atoms with van der Waals surface area (Å²) in [4.78, 5) is 0. The van der Waals surface area contributed by atoms with Crippen LogP contribution in [0.5, 0.6) is 0 Å². The molecule has 0 amide bonds. The van der Waals surface area contributed by atoms with Crippen LogP contribution in [0, 0.1) is 0 Å². The highest BCUT2D eigenvalue weighted by molar-refractivity contribution is 4.91. The summed E-state index contributed by atoms with van der Waals surface area (Å²) in [5, 5.41) is 3.17. The predicted molar refractivity (Wildman–Crippen MR) is 33.9 cm³/mol. The van der Waals surface area contributed by atoms with Gasteiger partial charge < -0.3 is 0 Å². The van der Waals surface area contributed by atoms with E-state index in [4.69, 9.17) is 0 Å². The number of hydrogen-bond acceptors (Lipinski definition) is 0. The van der Waals surface area contributed by atoms with E-state index in [0.29, 0.717) is 0 Å². The zero-order valence-electron chi connectivity index (χ0n) is 5.43. The second-order valence-corrected chi connectivity index (χ2v) is 2.56. The van der Waals surface area contributed by atoms with Crippen molar-refractivity contribution in [3.8, 4) is 0 Å². The first-order valence-electron chi connectivity index (χ1n) is 3.53. The number of rotatable bonds is 0. The van der Waals surface area contributed by atoms with Gasteiger partial charge in [0.15, 0.2) is 6.54 Å². The summed E-state index contributed by atoms with van der Waals surface area (Å²) in [6.45, 7) is 1.18. The molecular formula is C7H11N2+. The molecule has 0 fully saturated rings. The smallest absolute Gasteiger partial charge is 0.173 e. The van der Waals surface area contributed by atoms with Gasteiger partial charge in [0.05, 0.1) is 6.20 Å². The highest BCUT2D eigenvalue weighted by atomic mass is 15.3. The molecule has 0 aliphatic carbocycles. The summed E-state index contributed by atoms with van der Waals surface area (Å²) in [6, 6.07) is 2.17. The Bertz CT molecular complexity index is 182. The van der Waals surface area contributed by atoms with Crippen LogP contribution in [0.25, 0.3) is 0 Å². The Morgan fingerprint density at radius 1 is 1.44 bits per heavy atom. The summed E-state index contributed by atoms with van der Waals surface area (Å²) in [6.07, 6.45) is 5.96. The highest BCUT2D eigenvalue weighted by Crippen LogP contribution is 2.04. The van der Waals surface area contributed by atoms with Gasteiger partial charge in [-0.15, -0.1) is 4.68 Å². The van der Waals surface area contributed by atoms with E-state index >= 15 is 0 Å². The Labute approximate surface area is 54.5 Å². The van der Waals surface area contributed by atoms with Crippen LogP contribution >= 0.6 is 0 Å². The lowest BCUT2D eigenvalue weighted by atomic mass is 10.1. The van der Waals surface area contributed by atoms with Gasteiger partial charge in [0, 0.05) is 18.9 Å². The molecule has 2 rings (SSSR count). The van der Waals surface area contributed by atoms with Crippen LogP contribution in [0.3, 0.4) is 0 Å². The Morgan fingerprint density at radius 3 is 3.33 bits per heavy atom. The number of aromatic amines is 1. The van der Waals surface area contributed by atoms with Crippen molar-refractivity contribution in [3.63, 3.8) is 0 Å². The number of aryl methyl sites for hydroxylation is 2. The molecule has 0 aromatic carbocycles. The van der Waals surface area contributed by atoms with Gasteiger partial charge in [-0.25, -0.2) is 0 Å². The first kappa shape index (κ1) is 5.03. The maximum Gasteiger partial charge on any atom is 0.207 e. The van der Waals surface area contributed by atoms with Crippen LogP contribution in [0.1, 0.15) is 18.5 Å². The quantitative estimate of drug-likeness (QED) is 0.488. The van der Waals surface area contributed by atoms with Gasteiger partial charge in [0.1, 0.15) is 0 Å².